The predicted molar refractivity (Wildman–Crippen MR) is 107 cm³/mol. The Morgan fingerprint density at radius 1 is 1.03 bits per heavy atom. The highest BCUT2D eigenvalue weighted by Crippen LogP contribution is 2.16. The number of benzene rings is 2. The smallest absolute Gasteiger partial charge is 0.338 e. The highest BCUT2D eigenvalue weighted by atomic mass is 16.5. The van der Waals surface area contributed by atoms with Crippen LogP contribution in [0.4, 0.5) is 0 Å². The Morgan fingerprint density at radius 3 is 2.63 bits per heavy atom. The van der Waals surface area contributed by atoms with E-state index in [9.17, 15) is 19.2 Å². The Hall–Kier alpha value is -4.01. The van der Waals surface area contributed by atoms with Crippen molar-refractivity contribution in [3.05, 3.63) is 75.8 Å². The van der Waals surface area contributed by atoms with E-state index in [1.807, 2.05) is 0 Å². The van der Waals surface area contributed by atoms with Gasteiger partial charge in [0.1, 0.15) is 5.82 Å². The molecule has 0 aliphatic carbocycles. The zero-order chi connectivity index (χ0) is 21.1. The van der Waals surface area contributed by atoms with Crippen molar-refractivity contribution >= 4 is 28.7 Å². The average molecular weight is 406 g/mol. The highest BCUT2D eigenvalue weighted by Gasteiger charge is 2.18. The second-order valence-corrected chi connectivity index (χ2v) is 6.76. The van der Waals surface area contributed by atoms with Gasteiger partial charge >= 0.3 is 5.97 Å². The van der Waals surface area contributed by atoms with Gasteiger partial charge in [0.2, 0.25) is 0 Å². The monoisotopic (exact) mass is 406 g/mol. The summed E-state index contributed by atoms with van der Waals surface area (Å²) >= 11 is 0. The average Bonchev–Trinajstić information content (AvgIpc) is 3.25. The van der Waals surface area contributed by atoms with Crippen LogP contribution in [0.25, 0.3) is 10.9 Å². The molecule has 0 spiro atoms. The third-order valence-electron chi connectivity index (χ3n) is 4.74. The van der Waals surface area contributed by atoms with Crippen molar-refractivity contribution < 1.29 is 19.1 Å². The predicted octanol–water partition coefficient (Wildman–Crippen LogP) is 0.961. The van der Waals surface area contributed by atoms with Crippen LogP contribution in [-0.2, 0) is 22.5 Å². The second kappa shape index (κ2) is 8.16. The van der Waals surface area contributed by atoms with E-state index in [1.165, 1.54) is 18.2 Å². The quantitative estimate of drug-likeness (QED) is 0.492. The van der Waals surface area contributed by atoms with Crippen LogP contribution in [0.2, 0.25) is 0 Å². The maximum atomic E-state index is 12.5. The van der Waals surface area contributed by atoms with E-state index >= 15 is 0 Å². The molecule has 0 atom stereocenters. The van der Waals surface area contributed by atoms with E-state index < -0.39 is 24.4 Å². The molecule has 1 aliphatic heterocycles. The number of esters is 1. The number of ether oxygens (including phenoxy) is 1. The number of nitrogens with one attached hydrogen (secondary N) is 2. The van der Waals surface area contributed by atoms with Crippen molar-refractivity contribution in [3.8, 4) is 0 Å². The number of aromatic nitrogens is 2. The van der Waals surface area contributed by atoms with Gasteiger partial charge < -0.3 is 4.74 Å². The SMILES string of the molecule is O=C(COC(=O)c1ccc2c(=O)n3c(nc2c1)CCC3)NNC(=O)c1ccccc1. The summed E-state index contributed by atoms with van der Waals surface area (Å²) in [6.45, 7) is 0.0725. The molecule has 0 unspecified atom stereocenters. The minimum atomic E-state index is -0.733. The molecule has 0 radical (unpaired) electrons. The van der Waals surface area contributed by atoms with Gasteiger partial charge in [-0.2, -0.15) is 0 Å². The summed E-state index contributed by atoms with van der Waals surface area (Å²) in [4.78, 5) is 52.9. The Bertz CT molecular complexity index is 1200. The molecule has 0 saturated carbocycles. The van der Waals surface area contributed by atoms with Gasteiger partial charge in [-0.05, 0) is 36.8 Å². The first-order valence-corrected chi connectivity index (χ1v) is 9.38. The molecule has 2 aromatic carbocycles. The number of hydrogen-bond donors (Lipinski definition) is 2. The lowest BCUT2D eigenvalue weighted by molar-refractivity contribution is -0.125. The van der Waals surface area contributed by atoms with Crippen LogP contribution in [0.15, 0.2) is 53.3 Å². The molecule has 2 amide bonds. The van der Waals surface area contributed by atoms with E-state index in [2.05, 4.69) is 15.8 Å². The molecule has 9 heteroatoms. The molecule has 2 heterocycles. The molecule has 0 fully saturated rings. The number of fused-ring (bicyclic) bond motifs is 2. The van der Waals surface area contributed by atoms with Gasteiger partial charge in [0.25, 0.3) is 17.4 Å². The zero-order valence-corrected chi connectivity index (χ0v) is 15.9. The summed E-state index contributed by atoms with van der Waals surface area (Å²) in [5.74, 6) is -1.22. The standard InChI is InChI=1S/C21H18N4O5/c26-18(23-24-19(27)13-5-2-1-3-6-13)12-30-21(29)14-8-9-15-16(11-14)22-17-7-4-10-25(17)20(15)28/h1-3,5-6,8-9,11H,4,7,10,12H2,(H,23,26)(H,24,27). The summed E-state index contributed by atoms with van der Waals surface area (Å²) in [6, 6.07) is 12.8. The van der Waals surface area contributed by atoms with Crippen LogP contribution >= 0.6 is 0 Å². The van der Waals surface area contributed by atoms with Gasteiger partial charge in [0, 0.05) is 18.5 Å². The fourth-order valence-corrected chi connectivity index (χ4v) is 3.25. The Kier molecular flexibility index (Phi) is 5.25. The Morgan fingerprint density at radius 2 is 1.83 bits per heavy atom. The Labute approximate surface area is 170 Å². The van der Waals surface area contributed by atoms with Crippen molar-refractivity contribution in [1.29, 1.82) is 0 Å². The zero-order valence-electron chi connectivity index (χ0n) is 15.9. The first kappa shape index (κ1) is 19.3. The minimum Gasteiger partial charge on any atom is -0.452 e. The number of carbonyl (C=O) groups excluding carboxylic acids is 3. The number of hydrogen-bond acceptors (Lipinski definition) is 6. The van der Waals surface area contributed by atoms with Crippen LogP contribution in [0.3, 0.4) is 0 Å². The van der Waals surface area contributed by atoms with Crippen LogP contribution < -0.4 is 16.4 Å². The molecule has 30 heavy (non-hydrogen) atoms. The number of aryl methyl sites for hydroxylation is 1. The number of hydrazine groups is 1. The number of amides is 2. The maximum Gasteiger partial charge on any atom is 0.338 e. The topological polar surface area (TPSA) is 119 Å². The molecule has 1 aromatic heterocycles. The van der Waals surface area contributed by atoms with Gasteiger partial charge in [0.05, 0.1) is 16.5 Å². The molecule has 0 saturated heterocycles. The van der Waals surface area contributed by atoms with Crippen molar-refractivity contribution in [1.82, 2.24) is 20.4 Å². The summed E-state index contributed by atoms with van der Waals surface area (Å²) < 4.78 is 6.63. The van der Waals surface area contributed by atoms with Gasteiger partial charge in [-0.25, -0.2) is 9.78 Å². The summed E-state index contributed by atoms with van der Waals surface area (Å²) in [6.07, 6.45) is 1.58. The van der Waals surface area contributed by atoms with Crippen molar-refractivity contribution in [2.75, 3.05) is 6.61 Å². The van der Waals surface area contributed by atoms with E-state index in [0.29, 0.717) is 35.3 Å². The van der Waals surface area contributed by atoms with Gasteiger partial charge in [-0.1, -0.05) is 18.2 Å². The second-order valence-electron chi connectivity index (χ2n) is 6.76. The van der Waals surface area contributed by atoms with E-state index in [0.717, 1.165) is 6.42 Å². The lowest BCUT2D eigenvalue weighted by atomic mass is 10.1. The number of carbonyl (C=O) groups is 3. The van der Waals surface area contributed by atoms with E-state index in [4.69, 9.17) is 4.74 Å². The molecular weight excluding hydrogens is 388 g/mol. The molecule has 2 N–H and O–H groups in total. The lowest BCUT2D eigenvalue weighted by Gasteiger charge is -2.09. The molecule has 4 rings (SSSR count). The summed E-state index contributed by atoms with van der Waals surface area (Å²) in [7, 11) is 0. The number of nitrogens with zero attached hydrogens (tertiary/aromatic N) is 2. The van der Waals surface area contributed by atoms with E-state index in [1.54, 1.807) is 34.9 Å². The van der Waals surface area contributed by atoms with Crippen molar-refractivity contribution in [3.63, 3.8) is 0 Å². The third kappa shape index (κ3) is 3.90. The van der Waals surface area contributed by atoms with Gasteiger partial charge in [-0.15, -0.1) is 0 Å². The van der Waals surface area contributed by atoms with Gasteiger partial charge in [-0.3, -0.25) is 29.8 Å². The molecule has 0 bridgehead atoms. The molecule has 9 nitrogen and oxygen atoms in total. The molecular formula is C21H18N4O5. The molecule has 152 valence electrons. The van der Waals surface area contributed by atoms with Crippen molar-refractivity contribution in [2.24, 2.45) is 0 Å². The van der Waals surface area contributed by atoms with Gasteiger partial charge in [0.15, 0.2) is 6.61 Å². The minimum absolute atomic E-state index is 0.124. The van der Waals surface area contributed by atoms with Crippen LogP contribution in [0.1, 0.15) is 33.0 Å². The first-order chi connectivity index (χ1) is 14.5. The maximum absolute atomic E-state index is 12.5. The first-order valence-electron chi connectivity index (χ1n) is 9.38. The third-order valence-corrected chi connectivity index (χ3v) is 4.74. The van der Waals surface area contributed by atoms with E-state index in [-0.39, 0.29) is 11.1 Å². The normalized spacial score (nSPS) is 12.3. The fraction of sp³-hybridized carbons (Fsp3) is 0.190. The summed E-state index contributed by atoms with van der Waals surface area (Å²) in [5.41, 5.74) is 5.27. The summed E-state index contributed by atoms with van der Waals surface area (Å²) in [5, 5.41) is 0.429. The Balaban J connectivity index is 1.36. The molecule has 1 aliphatic rings. The largest absolute Gasteiger partial charge is 0.452 e. The van der Waals surface area contributed by atoms with Crippen LogP contribution in [0, 0.1) is 0 Å². The fourth-order valence-electron chi connectivity index (χ4n) is 3.25. The highest BCUT2D eigenvalue weighted by molar-refractivity contribution is 5.97. The van der Waals surface area contributed by atoms with Crippen LogP contribution in [-0.4, -0.2) is 33.9 Å². The van der Waals surface area contributed by atoms with Crippen LogP contribution in [0.5, 0.6) is 0 Å². The van der Waals surface area contributed by atoms with Crippen molar-refractivity contribution in [2.45, 2.75) is 19.4 Å². The number of rotatable bonds is 4. The lowest BCUT2D eigenvalue weighted by Crippen LogP contribution is -2.43. The molecule has 3 aromatic rings.